The summed E-state index contributed by atoms with van der Waals surface area (Å²) < 4.78 is 5.16. The molecule has 0 aliphatic carbocycles. The summed E-state index contributed by atoms with van der Waals surface area (Å²) in [5.41, 5.74) is 0. The molecule has 12 heavy (non-hydrogen) atoms. The molecule has 0 bridgehead atoms. The van der Waals surface area contributed by atoms with Gasteiger partial charge in [0.15, 0.2) is 0 Å². The maximum absolute atomic E-state index is 8.46. The van der Waals surface area contributed by atoms with Crippen molar-refractivity contribution in [2.24, 2.45) is 0 Å². The molecule has 64 valence electrons. The number of nitrogens with zero attached hydrogens (tertiary/aromatic N) is 1. The fourth-order valence-electron chi connectivity index (χ4n) is 0.838. The molecule has 0 aromatic carbocycles. The van der Waals surface area contributed by atoms with E-state index in [-0.39, 0.29) is 0 Å². The lowest BCUT2D eigenvalue weighted by molar-refractivity contribution is 0.457. The molecule has 1 rings (SSSR count). The summed E-state index contributed by atoms with van der Waals surface area (Å²) in [6, 6.07) is 5.86. The molecule has 3 nitrogen and oxygen atoms in total. The van der Waals surface area contributed by atoms with E-state index in [0.29, 0.717) is 18.3 Å². The van der Waals surface area contributed by atoms with Gasteiger partial charge >= 0.3 is 0 Å². The molecule has 0 amide bonds. The Morgan fingerprint density at radius 2 is 2.33 bits per heavy atom. The number of hydrogen-bond donors (Lipinski definition) is 1. The normalized spacial score (nSPS) is 10.2. The van der Waals surface area contributed by atoms with Gasteiger partial charge in [-0.3, -0.25) is 0 Å². The second kappa shape index (κ2) is 3.93. The Bertz CT molecular complexity index is 283. The number of nitrogens with one attached hydrogen (secondary N) is 1. The van der Waals surface area contributed by atoms with Crippen LogP contribution in [0.1, 0.15) is 25.4 Å². The van der Waals surface area contributed by atoms with Crippen molar-refractivity contribution in [1.82, 2.24) is 5.32 Å². The Balaban J connectivity index is 2.48. The van der Waals surface area contributed by atoms with Crippen molar-refractivity contribution in [3.05, 3.63) is 23.7 Å². The van der Waals surface area contributed by atoms with Crippen molar-refractivity contribution in [2.75, 3.05) is 0 Å². The number of furan rings is 1. The molecule has 0 fully saturated rings. The van der Waals surface area contributed by atoms with Crippen LogP contribution in [0.15, 0.2) is 16.5 Å². The van der Waals surface area contributed by atoms with E-state index in [1.807, 2.05) is 12.1 Å². The van der Waals surface area contributed by atoms with Crippen LogP contribution in [0, 0.1) is 11.3 Å². The van der Waals surface area contributed by atoms with Gasteiger partial charge in [0.05, 0.1) is 6.54 Å². The highest BCUT2D eigenvalue weighted by Gasteiger charge is 2.00. The number of rotatable bonds is 3. The zero-order chi connectivity index (χ0) is 8.97. The fraction of sp³-hybridized carbons (Fsp3) is 0.444. The van der Waals surface area contributed by atoms with E-state index in [0.717, 1.165) is 5.76 Å². The van der Waals surface area contributed by atoms with Crippen molar-refractivity contribution in [1.29, 1.82) is 5.26 Å². The van der Waals surface area contributed by atoms with Crippen LogP contribution in [0.3, 0.4) is 0 Å². The molecule has 0 aliphatic rings. The van der Waals surface area contributed by atoms with Gasteiger partial charge in [-0.25, -0.2) is 0 Å². The Morgan fingerprint density at radius 1 is 1.58 bits per heavy atom. The first-order chi connectivity index (χ1) is 5.72. The van der Waals surface area contributed by atoms with Crippen LogP contribution in [0.2, 0.25) is 0 Å². The third-order valence-electron chi connectivity index (χ3n) is 1.46. The molecule has 0 saturated carbocycles. The minimum atomic E-state index is 0.371. The predicted octanol–water partition coefficient (Wildman–Crippen LogP) is 1.65. The van der Waals surface area contributed by atoms with Crippen LogP contribution in [0.4, 0.5) is 0 Å². The van der Waals surface area contributed by atoms with Crippen LogP contribution < -0.4 is 5.32 Å². The molecule has 0 spiro atoms. The molecular weight excluding hydrogens is 152 g/mol. The zero-order valence-electron chi connectivity index (χ0n) is 7.29. The average Bonchev–Trinajstić information content (AvgIpc) is 2.48. The van der Waals surface area contributed by atoms with Crippen LogP contribution in [0.5, 0.6) is 0 Å². The van der Waals surface area contributed by atoms with Gasteiger partial charge < -0.3 is 9.73 Å². The van der Waals surface area contributed by atoms with E-state index < -0.39 is 0 Å². The molecular formula is C9H12N2O. The first-order valence-corrected chi connectivity index (χ1v) is 3.94. The quantitative estimate of drug-likeness (QED) is 0.738. The Morgan fingerprint density at radius 3 is 2.83 bits per heavy atom. The molecule has 1 aromatic rings. The third-order valence-corrected chi connectivity index (χ3v) is 1.46. The van der Waals surface area contributed by atoms with Crippen molar-refractivity contribution in [3.63, 3.8) is 0 Å². The molecule has 0 radical (unpaired) electrons. The van der Waals surface area contributed by atoms with E-state index >= 15 is 0 Å². The van der Waals surface area contributed by atoms with Gasteiger partial charge in [-0.1, -0.05) is 13.8 Å². The smallest absolute Gasteiger partial charge is 0.203 e. The van der Waals surface area contributed by atoms with Gasteiger partial charge in [0, 0.05) is 6.04 Å². The van der Waals surface area contributed by atoms with Gasteiger partial charge in [-0.2, -0.15) is 5.26 Å². The summed E-state index contributed by atoms with van der Waals surface area (Å²) in [6.45, 7) is 4.81. The lowest BCUT2D eigenvalue weighted by Gasteiger charge is -2.04. The van der Waals surface area contributed by atoms with Crippen LogP contribution in [0.25, 0.3) is 0 Å². The van der Waals surface area contributed by atoms with Gasteiger partial charge in [-0.05, 0) is 12.1 Å². The summed E-state index contributed by atoms with van der Waals surface area (Å²) in [4.78, 5) is 0. The highest BCUT2D eigenvalue weighted by molar-refractivity contribution is 5.18. The Hall–Kier alpha value is -1.27. The SMILES string of the molecule is CC(C)NCc1ccc(C#N)o1. The van der Waals surface area contributed by atoms with Gasteiger partial charge in [0.1, 0.15) is 11.8 Å². The molecule has 0 aliphatic heterocycles. The van der Waals surface area contributed by atoms with Crippen LogP contribution >= 0.6 is 0 Å². The highest BCUT2D eigenvalue weighted by atomic mass is 16.3. The van der Waals surface area contributed by atoms with E-state index in [1.54, 1.807) is 6.07 Å². The Labute approximate surface area is 72.0 Å². The molecule has 1 aromatic heterocycles. The third kappa shape index (κ3) is 2.40. The van der Waals surface area contributed by atoms with Crippen LogP contribution in [-0.2, 0) is 6.54 Å². The largest absolute Gasteiger partial charge is 0.449 e. The molecule has 0 unspecified atom stereocenters. The van der Waals surface area contributed by atoms with Crippen molar-refractivity contribution in [3.8, 4) is 6.07 Å². The molecule has 0 atom stereocenters. The van der Waals surface area contributed by atoms with E-state index in [2.05, 4.69) is 19.2 Å². The fourth-order valence-corrected chi connectivity index (χ4v) is 0.838. The highest BCUT2D eigenvalue weighted by Crippen LogP contribution is 2.05. The lowest BCUT2D eigenvalue weighted by atomic mass is 10.3. The van der Waals surface area contributed by atoms with Gasteiger partial charge in [-0.15, -0.1) is 0 Å². The van der Waals surface area contributed by atoms with Crippen molar-refractivity contribution < 1.29 is 4.42 Å². The molecule has 1 N–H and O–H groups in total. The second-order valence-corrected chi connectivity index (χ2v) is 2.91. The van der Waals surface area contributed by atoms with Crippen molar-refractivity contribution in [2.45, 2.75) is 26.4 Å². The van der Waals surface area contributed by atoms with E-state index in [4.69, 9.17) is 9.68 Å². The number of hydrogen-bond acceptors (Lipinski definition) is 3. The first kappa shape index (κ1) is 8.82. The second-order valence-electron chi connectivity index (χ2n) is 2.91. The van der Waals surface area contributed by atoms with Gasteiger partial charge in [0.2, 0.25) is 5.76 Å². The standard InChI is InChI=1S/C9H12N2O/c1-7(2)11-6-9-4-3-8(5-10)12-9/h3-4,7,11H,6H2,1-2H3. The van der Waals surface area contributed by atoms with E-state index in [9.17, 15) is 0 Å². The minimum Gasteiger partial charge on any atom is -0.449 e. The van der Waals surface area contributed by atoms with Crippen LogP contribution in [-0.4, -0.2) is 6.04 Å². The number of nitriles is 1. The topological polar surface area (TPSA) is 49.0 Å². The lowest BCUT2D eigenvalue weighted by Crippen LogP contribution is -2.21. The summed E-state index contributed by atoms with van der Waals surface area (Å²) in [5, 5.41) is 11.7. The predicted molar refractivity (Wildman–Crippen MR) is 45.4 cm³/mol. The molecule has 0 saturated heterocycles. The maximum atomic E-state index is 8.46. The zero-order valence-corrected chi connectivity index (χ0v) is 7.29. The van der Waals surface area contributed by atoms with E-state index in [1.165, 1.54) is 0 Å². The summed E-state index contributed by atoms with van der Waals surface area (Å²) in [5.74, 6) is 1.18. The maximum Gasteiger partial charge on any atom is 0.203 e. The monoisotopic (exact) mass is 164 g/mol. The van der Waals surface area contributed by atoms with Crippen molar-refractivity contribution >= 4 is 0 Å². The summed E-state index contributed by atoms with van der Waals surface area (Å²) in [6.07, 6.45) is 0. The summed E-state index contributed by atoms with van der Waals surface area (Å²) in [7, 11) is 0. The van der Waals surface area contributed by atoms with Gasteiger partial charge in [0.25, 0.3) is 0 Å². The molecule has 3 heteroatoms. The Kier molecular flexibility index (Phi) is 2.89. The first-order valence-electron chi connectivity index (χ1n) is 3.94. The molecule has 1 heterocycles. The average molecular weight is 164 g/mol. The summed E-state index contributed by atoms with van der Waals surface area (Å²) >= 11 is 0. The minimum absolute atomic E-state index is 0.371.